The van der Waals surface area contributed by atoms with Crippen molar-refractivity contribution in [2.24, 2.45) is 5.92 Å². The number of anilines is 1. The fourth-order valence-electron chi connectivity index (χ4n) is 3.58. The molecular formula is C26H29ClN2O3S. The van der Waals surface area contributed by atoms with Gasteiger partial charge in [0, 0.05) is 5.02 Å². The van der Waals surface area contributed by atoms with E-state index in [-0.39, 0.29) is 23.4 Å². The third-order valence-corrected chi connectivity index (χ3v) is 7.50. The van der Waals surface area contributed by atoms with E-state index in [1.165, 1.54) is 12.1 Å². The lowest BCUT2D eigenvalue weighted by molar-refractivity contribution is -0.120. The van der Waals surface area contributed by atoms with Crippen LogP contribution in [0.1, 0.15) is 37.4 Å². The number of carbonyl (C=O) groups is 1. The molecule has 3 aromatic carbocycles. The first-order valence-corrected chi connectivity index (χ1v) is 12.7. The zero-order valence-corrected chi connectivity index (χ0v) is 20.6. The molecule has 0 aliphatic rings. The molecule has 0 radical (unpaired) electrons. The average molecular weight is 485 g/mol. The van der Waals surface area contributed by atoms with Crippen LogP contribution in [0.5, 0.6) is 0 Å². The molecule has 0 fully saturated rings. The zero-order chi connectivity index (χ0) is 24.0. The number of carbonyl (C=O) groups excluding carboxylic acids is 1. The fraction of sp³-hybridized carbons (Fsp3) is 0.269. The van der Waals surface area contributed by atoms with E-state index in [1.54, 1.807) is 36.4 Å². The molecule has 0 aliphatic carbocycles. The van der Waals surface area contributed by atoms with E-state index >= 15 is 0 Å². The molecule has 174 valence electrons. The van der Waals surface area contributed by atoms with Gasteiger partial charge in [-0.2, -0.15) is 0 Å². The Hall–Kier alpha value is -2.83. The Bertz CT molecular complexity index is 1180. The third kappa shape index (κ3) is 6.36. The molecule has 0 unspecified atom stereocenters. The summed E-state index contributed by atoms with van der Waals surface area (Å²) in [6, 6.07) is 22.6. The summed E-state index contributed by atoms with van der Waals surface area (Å²) in [5.74, 6) is -0.0451. The van der Waals surface area contributed by atoms with Crippen LogP contribution in [-0.2, 0) is 14.8 Å². The van der Waals surface area contributed by atoms with Gasteiger partial charge >= 0.3 is 0 Å². The average Bonchev–Trinajstić information content (AvgIpc) is 2.80. The van der Waals surface area contributed by atoms with Crippen molar-refractivity contribution >= 4 is 33.2 Å². The van der Waals surface area contributed by atoms with Crippen LogP contribution >= 0.6 is 11.6 Å². The molecule has 5 nitrogen and oxygen atoms in total. The van der Waals surface area contributed by atoms with Gasteiger partial charge in [0.15, 0.2) is 0 Å². The van der Waals surface area contributed by atoms with Crippen LogP contribution in [0.3, 0.4) is 0 Å². The van der Waals surface area contributed by atoms with Crippen molar-refractivity contribution < 1.29 is 13.2 Å². The quantitative estimate of drug-likeness (QED) is 0.420. The van der Waals surface area contributed by atoms with Crippen molar-refractivity contribution in [3.05, 3.63) is 95.0 Å². The predicted octanol–water partition coefficient (Wildman–Crippen LogP) is 5.75. The number of hydrogen-bond donors (Lipinski definition) is 1. The lowest BCUT2D eigenvalue weighted by atomic mass is 9.97. The summed E-state index contributed by atoms with van der Waals surface area (Å²) in [6.07, 6.45) is 0.734. The van der Waals surface area contributed by atoms with Gasteiger partial charge in [-0.3, -0.25) is 9.10 Å². The number of hydrogen-bond acceptors (Lipinski definition) is 3. The molecule has 33 heavy (non-hydrogen) atoms. The van der Waals surface area contributed by atoms with Crippen LogP contribution in [-0.4, -0.2) is 20.9 Å². The lowest BCUT2D eigenvalue weighted by Crippen LogP contribution is -2.42. The van der Waals surface area contributed by atoms with Crippen molar-refractivity contribution in [2.75, 3.05) is 10.8 Å². The molecule has 0 aliphatic heterocycles. The summed E-state index contributed by atoms with van der Waals surface area (Å²) in [4.78, 5) is 13.3. The number of benzene rings is 3. The van der Waals surface area contributed by atoms with Crippen LogP contribution in [0.15, 0.2) is 83.8 Å². The van der Waals surface area contributed by atoms with Crippen LogP contribution in [0.2, 0.25) is 5.02 Å². The van der Waals surface area contributed by atoms with Gasteiger partial charge in [-0.25, -0.2) is 8.42 Å². The minimum atomic E-state index is -3.99. The van der Waals surface area contributed by atoms with Gasteiger partial charge in [0.25, 0.3) is 10.0 Å². The SMILES string of the molecule is Cc1ccc(N(CC(=O)N[C@@H](CC(C)C)c2ccccc2)S(=O)(=O)c2ccccc2)cc1Cl. The van der Waals surface area contributed by atoms with Crippen LogP contribution < -0.4 is 9.62 Å². The Morgan fingerprint density at radius 3 is 2.15 bits per heavy atom. The first kappa shape index (κ1) is 24.8. The Morgan fingerprint density at radius 2 is 1.58 bits per heavy atom. The number of nitrogens with one attached hydrogen (secondary N) is 1. The van der Waals surface area contributed by atoms with Crippen molar-refractivity contribution in [1.82, 2.24) is 5.32 Å². The number of sulfonamides is 1. The highest BCUT2D eigenvalue weighted by Crippen LogP contribution is 2.28. The zero-order valence-electron chi connectivity index (χ0n) is 19.0. The largest absolute Gasteiger partial charge is 0.348 e. The molecule has 0 saturated carbocycles. The predicted molar refractivity (Wildman–Crippen MR) is 134 cm³/mol. The molecule has 0 heterocycles. The molecule has 3 rings (SSSR count). The Morgan fingerprint density at radius 1 is 0.970 bits per heavy atom. The van der Waals surface area contributed by atoms with Gasteiger partial charge in [-0.15, -0.1) is 0 Å². The summed E-state index contributed by atoms with van der Waals surface area (Å²) >= 11 is 6.29. The monoisotopic (exact) mass is 484 g/mol. The van der Waals surface area contributed by atoms with Gasteiger partial charge in [-0.1, -0.05) is 80.0 Å². The fourth-order valence-corrected chi connectivity index (χ4v) is 5.19. The maximum absolute atomic E-state index is 13.5. The van der Waals surface area contributed by atoms with Gasteiger partial charge in [-0.05, 0) is 54.7 Å². The summed E-state index contributed by atoms with van der Waals surface area (Å²) in [7, 11) is -3.99. The highest BCUT2D eigenvalue weighted by Gasteiger charge is 2.28. The molecule has 0 bridgehead atoms. The molecular weight excluding hydrogens is 456 g/mol. The molecule has 0 aromatic heterocycles. The number of nitrogens with zero attached hydrogens (tertiary/aromatic N) is 1. The Labute approximate surface area is 201 Å². The van der Waals surface area contributed by atoms with E-state index in [4.69, 9.17) is 11.6 Å². The highest BCUT2D eigenvalue weighted by atomic mass is 35.5. The van der Waals surface area contributed by atoms with Gasteiger partial charge < -0.3 is 5.32 Å². The van der Waals surface area contributed by atoms with Crippen molar-refractivity contribution in [2.45, 2.75) is 38.1 Å². The van der Waals surface area contributed by atoms with E-state index < -0.39 is 10.0 Å². The molecule has 7 heteroatoms. The number of aryl methyl sites for hydroxylation is 1. The second kappa shape index (κ2) is 10.9. The van der Waals surface area contributed by atoms with Crippen molar-refractivity contribution in [3.63, 3.8) is 0 Å². The maximum atomic E-state index is 13.5. The summed E-state index contributed by atoms with van der Waals surface area (Å²) in [5.41, 5.74) is 2.14. The van der Waals surface area contributed by atoms with E-state index in [2.05, 4.69) is 19.2 Å². The minimum absolute atomic E-state index is 0.108. The minimum Gasteiger partial charge on any atom is -0.348 e. The normalized spacial score (nSPS) is 12.4. The van der Waals surface area contributed by atoms with Gasteiger partial charge in [0.1, 0.15) is 6.54 Å². The molecule has 1 atom stereocenters. The van der Waals surface area contributed by atoms with Crippen LogP contribution in [0, 0.1) is 12.8 Å². The number of rotatable bonds is 9. The van der Waals surface area contributed by atoms with Crippen molar-refractivity contribution in [1.29, 1.82) is 0 Å². The summed E-state index contributed by atoms with van der Waals surface area (Å²) in [5, 5.41) is 3.47. The van der Waals surface area contributed by atoms with Gasteiger partial charge in [0.2, 0.25) is 5.91 Å². The topological polar surface area (TPSA) is 66.5 Å². The Kier molecular flexibility index (Phi) is 8.16. The molecule has 0 saturated heterocycles. The van der Waals surface area contributed by atoms with Crippen LogP contribution in [0.25, 0.3) is 0 Å². The van der Waals surface area contributed by atoms with E-state index in [9.17, 15) is 13.2 Å². The summed E-state index contributed by atoms with van der Waals surface area (Å²) < 4.78 is 28.1. The smallest absolute Gasteiger partial charge is 0.264 e. The molecule has 1 N–H and O–H groups in total. The number of amides is 1. The standard InChI is InChI=1S/C26H29ClN2O3S/c1-19(2)16-25(21-10-6-4-7-11-21)28-26(30)18-29(22-15-14-20(3)24(27)17-22)33(31,32)23-12-8-5-9-13-23/h4-15,17,19,25H,16,18H2,1-3H3,(H,28,30)/t25-/m0/s1. The van der Waals surface area contributed by atoms with E-state index in [0.29, 0.717) is 16.6 Å². The van der Waals surface area contributed by atoms with Crippen molar-refractivity contribution in [3.8, 4) is 0 Å². The Balaban J connectivity index is 1.94. The number of halogens is 1. The first-order chi connectivity index (χ1) is 15.7. The molecule has 3 aromatic rings. The summed E-state index contributed by atoms with van der Waals surface area (Å²) in [6.45, 7) is 5.65. The molecule has 0 spiro atoms. The van der Waals surface area contributed by atoms with E-state index in [1.807, 2.05) is 37.3 Å². The van der Waals surface area contributed by atoms with E-state index in [0.717, 1.165) is 21.9 Å². The highest BCUT2D eigenvalue weighted by molar-refractivity contribution is 7.92. The second-order valence-electron chi connectivity index (χ2n) is 8.42. The lowest BCUT2D eigenvalue weighted by Gasteiger charge is -2.27. The maximum Gasteiger partial charge on any atom is 0.264 e. The third-order valence-electron chi connectivity index (χ3n) is 5.31. The van der Waals surface area contributed by atoms with Gasteiger partial charge in [0.05, 0.1) is 16.6 Å². The second-order valence-corrected chi connectivity index (χ2v) is 10.7. The van der Waals surface area contributed by atoms with Crippen LogP contribution in [0.4, 0.5) is 5.69 Å². The first-order valence-electron chi connectivity index (χ1n) is 10.9. The molecule has 1 amide bonds.